The summed E-state index contributed by atoms with van der Waals surface area (Å²) >= 11 is 1.91. The van der Waals surface area contributed by atoms with Crippen molar-refractivity contribution < 1.29 is 4.79 Å². The van der Waals surface area contributed by atoms with Crippen LogP contribution in [0.2, 0.25) is 0 Å². The fraction of sp³-hybridized carbons (Fsp3) is 0.700. The van der Waals surface area contributed by atoms with Crippen LogP contribution in [0.25, 0.3) is 0 Å². The maximum atomic E-state index is 11.3. The van der Waals surface area contributed by atoms with E-state index in [2.05, 4.69) is 16.6 Å². The molecule has 4 heteroatoms. The first-order valence-electron chi connectivity index (χ1n) is 4.84. The number of amides is 1. The molecule has 1 fully saturated rings. The average molecular weight is 212 g/mol. The lowest BCUT2D eigenvalue weighted by molar-refractivity contribution is -0.120. The van der Waals surface area contributed by atoms with Gasteiger partial charge in [-0.2, -0.15) is 11.8 Å². The van der Waals surface area contributed by atoms with Gasteiger partial charge < -0.3 is 5.32 Å². The first kappa shape index (κ1) is 11.4. The summed E-state index contributed by atoms with van der Waals surface area (Å²) < 4.78 is 0. The maximum absolute atomic E-state index is 11.3. The van der Waals surface area contributed by atoms with Crippen LogP contribution in [0.5, 0.6) is 0 Å². The van der Waals surface area contributed by atoms with E-state index in [-0.39, 0.29) is 5.91 Å². The monoisotopic (exact) mass is 212 g/mol. The van der Waals surface area contributed by atoms with E-state index in [1.165, 1.54) is 12.2 Å². The standard InChI is InChI=1S/C10H16N2OS/c1-2-5-11-7-10(13)12-9-4-3-6-14-8-9/h1,9,11H,3-8H2,(H,12,13). The van der Waals surface area contributed by atoms with Crippen LogP contribution in [0.4, 0.5) is 0 Å². The highest BCUT2D eigenvalue weighted by Crippen LogP contribution is 2.16. The molecule has 1 unspecified atom stereocenters. The molecule has 78 valence electrons. The van der Waals surface area contributed by atoms with Crippen LogP contribution in [0, 0.1) is 12.3 Å². The highest BCUT2D eigenvalue weighted by molar-refractivity contribution is 7.99. The zero-order valence-electron chi connectivity index (χ0n) is 8.21. The molecule has 0 aromatic heterocycles. The molecule has 1 atom stereocenters. The van der Waals surface area contributed by atoms with Crippen LogP contribution in [-0.4, -0.2) is 36.5 Å². The number of carbonyl (C=O) groups excluding carboxylic acids is 1. The molecule has 0 bridgehead atoms. The van der Waals surface area contributed by atoms with Crippen molar-refractivity contribution in [2.75, 3.05) is 24.6 Å². The van der Waals surface area contributed by atoms with Crippen molar-refractivity contribution in [1.82, 2.24) is 10.6 Å². The van der Waals surface area contributed by atoms with Crippen molar-refractivity contribution >= 4 is 17.7 Å². The first-order valence-corrected chi connectivity index (χ1v) is 5.99. The predicted octanol–water partition coefficient (Wildman–Crippen LogP) is 0.221. The van der Waals surface area contributed by atoms with Gasteiger partial charge in [0.25, 0.3) is 0 Å². The van der Waals surface area contributed by atoms with E-state index in [9.17, 15) is 4.79 Å². The minimum absolute atomic E-state index is 0.0488. The molecule has 1 rings (SSSR count). The Morgan fingerprint density at radius 1 is 1.64 bits per heavy atom. The first-order chi connectivity index (χ1) is 6.83. The predicted molar refractivity (Wildman–Crippen MR) is 60.2 cm³/mol. The number of terminal acetylenes is 1. The van der Waals surface area contributed by atoms with Gasteiger partial charge in [0.05, 0.1) is 13.1 Å². The summed E-state index contributed by atoms with van der Waals surface area (Å²) in [6, 6.07) is 0.355. The highest BCUT2D eigenvalue weighted by Gasteiger charge is 2.15. The summed E-state index contributed by atoms with van der Waals surface area (Å²) in [5.74, 6) is 4.75. The van der Waals surface area contributed by atoms with Crippen LogP contribution >= 0.6 is 11.8 Å². The molecule has 1 aliphatic heterocycles. The lowest BCUT2D eigenvalue weighted by atomic mass is 10.2. The average Bonchev–Trinajstić information content (AvgIpc) is 2.20. The lowest BCUT2D eigenvalue weighted by Gasteiger charge is -2.22. The van der Waals surface area contributed by atoms with Crippen LogP contribution in [0.3, 0.4) is 0 Å². The summed E-state index contributed by atoms with van der Waals surface area (Å²) in [4.78, 5) is 11.3. The molecule has 1 heterocycles. The van der Waals surface area contributed by atoms with E-state index in [0.29, 0.717) is 19.1 Å². The quantitative estimate of drug-likeness (QED) is 0.517. The van der Waals surface area contributed by atoms with Crippen molar-refractivity contribution in [2.45, 2.75) is 18.9 Å². The molecular weight excluding hydrogens is 196 g/mol. The van der Waals surface area contributed by atoms with Gasteiger partial charge in [-0.1, -0.05) is 5.92 Å². The molecule has 3 nitrogen and oxygen atoms in total. The number of thioether (sulfide) groups is 1. The molecule has 0 spiro atoms. The smallest absolute Gasteiger partial charge is 0.234 e. The van der Waals surface area contributed by atoms with Gasteiger partial charge >= 0.3 is 0 Å². The highest BCUT2D eigenvalue weighted by atomic mass is 32.2. The van der Waals surface area contributed by atoms with E-state index in [4.69, 9.17) is 6.42 Å². The molecule has 1 amide bonds. The van der Waals surface area contributed by atoms with E-state index in [0.717, 1.165) is 12.2 Å². The van der Waals surface area contributed by atoms with Crippen molar-refractivity contribution in [3.8, 4) is 12.3 Å². The molecule has 0 aromatic rings. The Balaban J connectivity index is 2.10. The summed E-state index contributed by atoms with van der Waals surface area (Å²) in [7, 11) is 0. The van der Waals surface area contributed by atoms with Gasteiger partial charge in [-0.25, -0.2) is 0 Å². The maximum Gasteiger partial charge on any atom is 0.234 e. The fourth-order valence-corrected chi connectivity index (χ4v) is 2.45. The number of hydrogen-bond donors (Lipinski definition) is 2. The fourth-order valence-electron chi connectivity index (χ4n) is 1.38. The molecule has 2 N–H and O–H groups in total. The molecule has 0 aliphatic carbocycles. The molecule has 14 heavy (non-hydrogen) atoms. The SMILES string of the molecule is C#CCNCC(=O)NC1CCCSC1. The van der Waals surface area contributed by atoms with Crippen molar-refractivity contribution in [2.24, 2.45) is 0 Å². The third kappa shape index (κ3) is 4.54. The number of nitrogens with one attached hydrogen (secondary N) is 2. The van der Waals surface area contributed by atoms with E-state index >= 15 is 0 Å². The van der Waals surface area contributed by atoms with Crippen LogP contribution in [0.15, 0.2) is 0 Å². The van der Waals surface area contributed by atoms with Gasteiger partial charge in [0.2, 0.25) is 5.91 Å². The third-order valence-electron chi connectivity index (χ3n) is 2.04. The Hall–Kier alpha value is -0.660. The zero-order chi connectivity index (χ0) is 10.2. The van der Waals surface area contributed by atoms with Crippen molar-refractivity contribution in [1.29, 1.82) is 0 Å². The molecular formula is C10H16N2OS. The second kappa shape index (κ2) is 6.74. The van der Waals surface area contributed by atoms with Gasteiger partial charge in [-0.15, -0.1) is 6.42 Å². The summed E-state index contributed by atoms with van der Waals surface area (Å²) in [6.45, 7) is 0.776. The van der Waals surface area contributed by atoms with Crippen LogP contribution in [-0.2, 0) is 4.79 Å². The Labute approximate surface area is 89.4 Å². The molecule has 1 saturated heterocycles. The van der Waals surface area contributed by atoms with Crippen molar-refractivity contribution in [3.05, 3.63) is 0 Å². The Morgan fingerprint density at radius 3 is 3.14 bits per heavy atom. The topological polar surface area (TPSA) is 41.1 Å². The molecule has 0 saturated carbocycles. The second-order valence-corrected chi connectivity index (χ2v) is 4.44. The second-order valence-electron chi connectivity index (χ2n) is 3.29. The lowest BCUT2D eigenvalue weighted by Crippen LogP contribution is -2.42. The summed E-state index contributed by atoms with van der Waals surface area (Å²) in [5.41, 5.74) is 0. The molecule has 0 aromatic carbocycles. The molecule has 1 aliphatic rings. The minimum Gasteiger partial charge on any atom is -0.351 e. The van der Waals surface area contributed by atoms with Crippen LogP contribution in [0.1, 0.15) is 12.8 Å². The molecule has 0 radical (unpaired) electrons. The van der Waals surface area contributed by atoms with Gasteiger partial charge in [0, 0.05) is 11.8 Å². The summed E-state index contributed by atoms with van der Waals surface area (Å²) in [5, 5.41) is 5.86. The van der Waals surface area contributed by atoms with E-state index < -0.39 is 0 Å². The largest absolute Gasteiger partial charge is 0.351 e. The Kier molecular flexibility index (Phi) is 5.50. The number of rotatable bonds is 4. The van der Waals surface area contributed by atoms with Gasteiger partial charge in [-0.3, -0.25) is 10.1 Å². The Bertz CT molecular complexity index is 219. The third-order valence-corrected chi connectivity index (χ3v) is 3.25. The van der Waals surface area contributed by atoms with Crippen molar-refractivity contribution in [3.63, 3.8) is 0 Å². The van der Waals surface area contributed by atoms with Gasteiger partial charge in [0.1, 0.15) is 0 Å². The summed E-state index contributed by atoms with van der Waals surface area (Å²) in [6.07, 6.45) is 7.36. The van der Waals surface area contributed by atoms with E-state index in [1.807, 2.05) is 11.8 Å². The van der Waals surface area contributed by atoms with Gasteiger partial charge in [-0.05, 0) is 18.6 Å². The Morgan fingerprint density at radius 2 is 2.50 bits per heavy atom. The minimum atomic E-state index is 0.0488. The van der Waals surface area contributed by atoms with Crippen LogP contribution < -0.4 is 10.6 Å². The number of carbonyl (C=O) groups is 1. The number of hydrogen-bond acceptors (Lipinski definition) is 3. The zero-order valence-corrected chi connectivity index (χ0v) is 9.03. The van der Waals surface area contributed by atoms with Gasteiger partial charge in [0.15, 0.2) is 0 Å². The normalized spacial score (nSPS) is 21.2. The van der Waals surface area contributed by atoms with E-state index in [1.54, 1.807) is 0 Å².